The van der Waals surface area contributed by atoms with Crippen LogP contribution < -0.4 is 9.64 Å². The highest BCUT2D eigenvalue weighted by Gasteiger charge is 2.19. The van der Waals surface area contributed by atoms with E-state index in [1.165, 1.54) is 0 Å². The minimum Gasteiger partial charge on any atom is -0.491 e. The van der Waals surface area contributed by atoms with Gasteiger partial charge in [-0.25, -0.2) is 9.67 Å². The van der Waals surface area contributed by atoms with Crippen molar-refractivity contribution in [3.05, 3.63) is 36.5 Å². The molecule has 0 spiro atoms. The van der Waals surface area contributed by atoms with Crippen molar-refractivity contribution < 1.29 is 19.3 Å². The first-order valence-corrected chi connectivity index (χ1v) is 13.8. The number of benzene rings is 1. The molecule has 2 aromatic heterocycles. The fourth-order valence-corrected chi connectivity index (χ4v) is 4.18. The summed E-state index contributed by atoms with van der Waals surface area (Å²) in [5, 5.41) is 16.0. The standard InChI is InChI=1S/C25H35N4O4S/c1-25(2,30)17-33-20-5-6-22-21(16-20)24(27-29(22)18-32-13-14-34(3)4)19-7-8-26-23(15-19)28-9-11-31-12-10-28/h5-8,15-16,30H,9-14,17-18H2,1-4H3/q+1. The summed E-state index contributed by atoms with van der Waals surface area (Å²) < 4.78 is 19.2. The van der Waals surface area contributed by atoms with Gasteiger partial charge >= 0.3 is 0 Å². The molecule has 0 saturated carbocycles. The molecule has 1 N–H and O–H groups in total. The number of hydrogen-bond acceptors (Lipinski definition) is 7. The van der Waals surface area contributed by atoms with Crippen LogP contribution in [0.4, 0.5) is 5.82 Å². The van der Waals surface area contributed by atoms with Crippen LogP contribution in [0.3, 0.4) is 0 Å². The molecule has 34 heavy (non-hydrogen) atoms. The number of anilines is 1. The van der Waals surface area contributed by atoms with Crippen molar-refractivity contribution >= 4 is 27.6 Å². The van der Waals surface area contributed by atoms with Crippen LogP contribution in [-0.2, 0) is 27.1 Å². The molecule has 0 atom stereocenters. The van der Waals surface area contributed by atoms with Crippen molar-refractivity contribution in [2.45, 2.75) is 26.2 Å². The van der Waals surface area contributed by atoms with Gasteiger partial charge in [0.15, 0.2) is 0 Å². The van der Waals surface area contributed by atoms with Gasteiger partial charge in [0.2, 0.25) is 0 Å². The molecular weight excluding hydrogens is 452 g/mol. The Hall–Kier alpha value is -2.33. The van der Waals surface area contributed by atoms with E-state index < -0.39 is 5.60 Å². The molecule has 3 heterocycles. The minimum atomic E-state index is -0.912. The second kappa shape index (κ2) is 10.9. The lowest BCUT2D eigenvalue weighted by Crippen LogP contribution is -2.36. The number of aromatic nitrogens is 3. The molecule has 0 bridgehead atoms. The van der Waals surface area contributed by atoms with Gasteiger partial charge in [-0.15, -0.1) is 0 Å². The van der Waals surface area contributed by atoms with Crippen molar-refractivity contribution in [2.75, 3.05) is 62.7 Å². The second-order valence-electron chi connectivity index (χ2n) is 9.36. The van der Waals surface area contributed by atoms with Crippen LogP contribution in [0.15, 0.2) is 36.5 Å². The Morgan fingerprint density at radius 1 is 1.15 bits per heavy atom. The van der Waals surface area contributed by atoms with Gasteiger partial charge in [0, 0.05) is 30.2 Å². The number of pyridine rings is 1. The molecule has 1 saturated heterocycles. The van der Waals surface area contributed by atoms with Gasteiger partial charge in [-0.05, 0) is 55.1 Å². The van der Waals surface area contributed by atoms with Gasteiger partial charge in [0.05, 0.1) is 43.4 Å². The summed E-state index contributed by atoms with van der Waals surface area (Å²) in [6, 6.07) is 9.98. The van der Waals surface area contributed by atoms with Gasteiger partial charge in [-0.3, -0.25) is 0 Å². The normalized spacial score (nSPS) is 14.8. The highest BCUT2D eigenvalue weighted by Crippen LogP contribution is 2.32. The summed E-state index contributed by atoms with van der Waals surface area (Å²) in [5.41, 5.74) is 1.91. The average molecular weight is 488 g/mol. The first kappa shape index (κ1) is 24.8. The summed E-state index contributed by atoms with van der Waals surface area (Å²) in [5.74, 6) is 2.65. The van der Waals surface area contributed by atoms with E-state index in [4.69, 9.17) is 19.3 Å². The smallest absolute Gasteiger partial charge is 0.140 e. The summed E-state index contributed by atoms with van der Waals surface area (Å²) in [7, 11) is 0.345. The fraction of sp³-hybridized carbons (Fsp3) is 0.520. The third kappa shape index (κ3) is 6.41. The highest BCUT2D eigenvalue weighted by molar-refractivity contribution is 7.95. The Balaban J connectivity index is 1.67. The summed E-state index contributed by atoms with van der Waals surface area (Å²) in [6.07, 6.45) is 6.27. The van der Waals surface area contributed by atoms with Crippen molar-refractivity contribution in [2.24, 2.45) is 0 Å². The Bertz CT molecular complexity index is 1090. The Morgan fingerprint density at radius 2 is 1.94 bits per heavy atom. The molecule has 9 heteroatoms. The van der Waals surface area contributed by atoms with Crippen molar-refractivity contribution in [3.8, 4) is 17.0 Å². The maximum atomic E-state index is 10.1. The maximum Gasteiger partial charge on any atom is 0.140 e. The van der Waals surface area contributed by atoms with Gasteiger partial charge in [0.25, 0.3) is 0 Å². The van der Waals surface area contributed by atoms with E-state index in [0.29, 0.717) is 43.2 Å². The molecule has 8 nitrogen and oxygen atoms in total. The summed E-state index contributed by atoms with van der Waals surface area (Å²) in [6.45, 7) is 7.82. The number of rotatable bonds is 10. The van der Waals surface area contributed by atoms with E-state index in [-0.39, 0.29) is 6.61 Å². The van der Waals surface area contributed by atoms with E-state index in [2.05, 4.69) is 28.5 Å². The number of fused-ring (bicyclic) bond motifs is 1. The molecule has 0 aliphatic carbocycles. The maximum absolute atomic E-state index is 10.1. The van der Waals surface area contributed by atoms with E-state index in [1.54, 1.807) is 13.8 Å². The van der Waals surface area contributed by atoms with E-state index >= 15 is 0 Å². The number of nitrogens with zero attached hydrogens (tertiary/aromatic N) is 4. The number of morpholine rings is 1. The van der Waals surface area contributed by atoms with Crippen LogP contribution in [0.1, 0.15) is 13.8 Å². The minimum absolute atomic E-state index is 0.206. The van der Waals surface area contributed by atoms with E-state index in [1.807, 2.05) is 35.1 Å². The molecule has 4 rings (SSSR count). The monoisotopic (exact) mass is 487 g/mol. The number of hydrogen-bond donors (Lipinski definition) is 1. The van der Waals surface area contributed by atoms with Crippen molar-refractivity contribution in [1.82, 2.24) is 14.8 Å². The van der Waals surface area contributed by atoms with E-state index in [0.717, 1.165) is 46.8 Å². The van der Waals surface area contributed by atoms with Crippen LogP contribution in [0.2, 0.25) is 0 Å². The predicted molar refractivity (Wildman–Crippen MR) is 138 cm³/mol. The zero-order chi connectivity index (χ0) is 24.1. The van der Waals surface area contributed by atoms with Crippen LogP contribution >= 0.6 is 0 Å². The summed E-state index contributed by atoms with van der Waals surface area (Å²) in [4.78, 5) is 6.82. The molecule has 1 aliphatic heterocycles. The average Bonchev–Trinajstić information content (AvgIpc) is 3.18. The van der Waals surface area contributed by atoms with Crippen molar-refractivity contribution in [3.63, 3.8) is 0 Å². The Kier molecular flexibility index (Phi) is 7.98. The number of ether oxygens (including phenoxy) is 3. The molecule has 0 radical (unpaired) electrons. The summed E-state index contributed by atoms with van der Waals surface area (Å²) >= 11 is 0. The lowest BCUT2D eigenvalue weighted by Gasteiger charge is -2.27. The molecule has 0 unspecified atom stereocenters. The zero-order valence-electron chi connectivity index (χ0n) is 20.5. The fourth-order valence-electron chi connectivity index (χ4n) is 3.73. The highest BCUT2D eigenvalue weighted by atomic mass is 32.2. The lowest BCUT2D eigenvalue weighted by atomic mass is 10.1. The molecule has 3 aromatic rings. The predicted octanol–water partition coefficient (Wildman–Crippen LogP) is 2.94. The third-order valence-corrected chi connectivity index (χ3v) is 6.50. The Labute approximate surface area is 204 Å². The molecule has 0 amide bonds. The first-order valence-electron chi connectivity index (χ1n) is 11.6. The van der Waals surface area contributed by atoms with Crippen LogP contribution in [0.25, 0.3) is 22.2 Å². The quantitative estimate of drug-likeness (QED) is 0.348. The van der Waals surface area contributed by atoms with Gasteiger partial charge in [0.1, 0.15) is 36.4 Å². The topological polar surface area (TPSA) is 81.9 Å². The number of aliphatic hydroxyl groups is 1. The zero-order valence-corrected chi connectivity index (χ0v) is 21.3. The third-order valence-electron chi connectivity index (χ3n) is 5.52. The van der Waals surface area contributed by atoms with Gasteiger partial charge in [-0.2, -0.15) is 5.10 Å². The molecule has 184 valence electrons. The largest absolute Gasteiger partial charge is 0.491 e. The van der Waals surface area contributed by atoms with Crippen LogP contribution in [0, 0.1) is 0 Å². The van der Waals surface area contributed by atoms with E-state index in [9.17, 15) is 5.11 Å². The molecule has 1 fully saturated rings. The second-order valence-corrected chi connectivity index (χ2v) is 11.7. The molecular formula is C25H35N4O4S+. The van der Waals surface area contributed by atoms with Gasteiger partial charge in [-0.1, -0.05) is 0 Å². The Morgan fingerprint density at radius 3 is 2.68 bits per heavy atom. The van der Waals surface area contributed by atoms with Gasteiger partial charge < -0.3 is 24.2 Å². The SMILES string of the molecule is C[S+](C)CCOCn1nc(-c2ccnc(N3CCOCC3)c2)c2cc(OCC(C)(C)O)ccc21. The molecule has 1 aromatic carbocycles. The first-order chi connectivity index (χ1) is 16.3. The van der Waals surface area contributed by atoms with Crippen LogP contribution in [-0.4, -0.2) is 83.3 Å². The van der Waals surface area contributed by atoms with Crippen LogP contribution in [0.5, 0.6) is 5.75 Å². The molecule has 1 aliphatic rings. The lowest BCUT2D eigenvalue weighted by molar-refractivity contribution is 0.0285. The van der Waals surface area contributed by atoms with Crippen molar-refractivity contribution in [1.29, 1.82) is 0 Å².